The fourth-order valence-electron chi connectivity index (χ4n) is 3.86. The van der Waals surface area contributed by atoms with Crippen molar-refractivity contribution < 1.29 is 0 Å². The lowest BCUT2D eigenvalue weighted by Crippen LogP contribution is -2.49. The van der Waals surface area contributed by atoms with Crippen LogP contribution < -0.4 is 5.32 Å². The van der Waals surface area contributed by atoms with Crippen LogP contribution in [0, 0.1) is 18.8 Å². The molecule has 4 rings (SSSR count). The van der Waals surface area contributed by atoms with E-state index in [4.69, 9.17) is 0 Å². The molecule has 1 aliphatic heterocycles. The molecular formula is C23H29N5. The van der Waals surface area contributed by atoms with Gasteiger partial charge in [-0.05, 0) is 30.4 Å². The Balaban J connectivity index is 1.49. The molecule has 1 aromatic carbocycles. The molecule has 146 valence electrons. The van der Waals surface area contributed by atoms with Crippen molar-refractivity contribution in [2.24, 2.45) is 18.9 Å². The van der Waals surface area contributed by atoms with Gasteiger partial charge in [0.25, 0.3) is 0 Å². The Kier molecular flexibility index (Phi) is 4.94. The Bertz CT molecular complexity index is 1010. The van der Waals surface area contributed by atoms with E-state index in [2.05, 4.69) is 69.4 Å². The zero-order valence-corrected chi connectivity index (χ0v) is 17.2. The summed E-state index contributed by atoms with van der Waals surface area (Å²) in [6.45, 7) is 14.1. The van der Waals surface area contributed by atoms with E-state index in [1.807, 2.05) is 26.4 Å². The maximum atomic E-state index is 4.58. The Hall–Kier alpha value is -2.66. The third kappa shape index (κ3) is 3.67. The number of anilines is 1. The molecule has 1 fully saturated rings. The molecule has 3 aromatic rings. The number of pyridine rings is 1. The maximum absolute atomic E-state index is 4.58. The number of likely N-dealkylation sites (tertiary alicyclic amines) is 1. The maximum Gasteiger partial charge on any atom is 0.130 e. The highest BCUT2D eigenvalue weighted by Crippen LogP contribution is 2.28. The van der Waals surface area contributed by atoms with E-state index in [9.17, 15) is 0 Å². The number of nitrogens with one attached hydrogen (secondary N) is 1. The van der Waals surface area contributed by atoms with Gasteiger partial charge in [-0.15, -0.1) is 0 Å². The monoisotopic (exact) mass is 375 g/mol. The first-order chi connectivity index (χ1) is 13.4. The van der Waals surface area contributed by atoms with Gasteiger partial charge in [-0.1, -0.05) is 32.6 Å². The largest absolute Gasteiger partial charge is 0.344 e. The number of hydrogen-bond donors (Lipinski definition) is 1. The molecule has 0 spiro atoms. The van der Waals surface area contributed by atoms with Gasteiger partial charge in [0.05, 0.1) is 11.9 Å². The van der Waals surface area contributed by atoms with Crippen molar-refractivity contribution in [3.05, 3.63) is 54.8 Å². The molecule has 0 atom stereocenters. The van der Waals surface area contributed by atoms with Crippen LogP contribution in [0.25, 0.3) is 22.0 Å². The Labute approximate surface area is 167 Å². The normalized spacial score (nSPS) is 15.2. The van der Waals surface area contributed by atoms with Gasteiger partial charge in [-0.2, -0.15) is 0 Å². The summed E-state index contributed by atoms with van der Waals surface area (Å²) in [5.41, 5.74) is 3.34. The van der Waals surface area contributed by atoms with Crippen LogP contribution >= 0.6 is 0 Å². The van der Waals surface area contributed by atoms with E-state index >= 15 is 0 Å². The molecule has 2 aromatic heterocycles. The molecule has 5 nitrogen and oxygen atoms in total. The lowest BCUT2D eigenvalue weighted by molar-refractivity contribution is 0.109. The van der Waals surface area contributed by atoms with Crippen LogP contribution in [-0.2, 0) is 7.05 Å². The van der Waals surface area contributed by atoms with E-state index in [0.29, 0.717) is 11.8 Å². The van der Waals surface area contributed by atoms with Gasteiger partial charge in [-0.3, -0.25) is 0 Å². The summed E-state index contributed by atoms with van der Waals surface area (Å²) in [6, 6.07) is 8.56. The van der Waals surface area contributed by atoms with Gasteiger partial charge in [0.15, 0.2) is 0 Å². The molecule has 5 heteroatoms. The predicted octanol–water partition coefficient (Wildman–Crippen LogP) is 4.46. The van der Waals surface area contributed by atoms with Crippen LogP contribution in [0.15, 0.2) is 48.9 Å². The Morgan fingerprint density at radius 3 is 2.64 bits per heavy atom. The van der Waals surface area contributed by atoms with Crippen LogP contribution in [0.3, 0.4) is 0 Å². The van der Waals surface area contributed by atoms with Gasteiger partial charge in [-0.25, -0.2) is 9.97 Å². The van der Waals surface area contributed by atoms with Gasteiger partial charge in [0, 0.05) is 55.4 Å². The molecule has 0 unspecified atom stereocenters. The quantitative estimate of drug-likeness (QED) is 0.691. The van der Waals surface area contributed by atoms with Crippen molar-refractivity contribution in [3.8, 4) is 11.3 Å². The summed E-state index contributed by atoms with van der Waals surface area (Å²) < 4.78 is 2.11. The summed E-state index contributed by atoms with van der Waals surface area (Å²) in [5, 5.41) is 5.73. The minimum absolute atomic E-state index is 0.500. The summed E-state index contributed by atoms with van der Waals surface area (Å²) >= 11 is 0. The third-order valence-electron chi connectivity index (χ3n) is 5.60. The predicted molar refractivity (Wildman–Crippen MR) is 116 cm³/mol. The van der Waals surface area contributed by atoms with Crippen LogP contribution in [-0.4, -0.2) is 39.1 Å². The van der Waals surface area contributed by atoms with Gasteiger partial charge >= 0.3 is 0 Å². The Morgan fingerprint density at radius 2 is 1.96 bits per heavy atom. The fourth-order valence-corrected chi connectivity index (χ4v) is 3.86. The summed E-state index contributed by atoms with van der Waals surface area (Å²) in [7, 11) is 2.05. The summed E-state index contributed by atoms with van der Waals surface area (Å²) in [6.07, 6.45) is 3.85. The van der Waals surface area contributed by atoms with Crippen molar-refractivity contribution in [3.63, 3.8) is 0 Å². The molecule has 3 heterocycles. The smallest absolute Gasteiger partial charge is 0.130 e. The van der Waals surface area contributed by atoms with Crippen LogP contribution in [0.1, 0.15) is 19.7 Å². The minimum atomic E-state index is 0.500. The van der Waals surface area contributed by atoms with Crippen molar-refractivity contribution in [1.82, 2.24) is 19.4 Å². The highest BCUT2D eigenvalue weighted by molar-refractivity contribution is 5.88. The zero-order chi connectivity index (χ0) is 19.8. The second kappa shape index (κ2) is 7.40. The molecular weight excluding hydrogens is 346 g/mol. The molecule has 0 aliphatic carbocycles. The first-order valence-corrected chi connectivity index (χ1v) is 9.97. The number of fused-ring (bicyclic) bond motifs is 1. The summed E-state index contributed by atoms with van der Waals surface area (Å²) in [5.74, 6) is 3.08. The molecule has 1 saturated heterocycles. The van der Waals surface area contributed by atoms with Crippen molar-refractivity contribution in [2.75, 3.05) is 25.0 Å². The molecule has 28 heavy (non-hydrogen) atoms. The fraction of sp³-hybridized carbons (Fsp3) is 0.391. The number of aromatic nitrogens is 3. The van der Waals surface area contributed by atoms with Gasteiger partial charge in [0.1, 0.15) is 11.6 Å². The van der Waals surface area contributed by atoms with Crippen LogP contribution in [0.4, 0.5) is 5.82 Å². The molecule has 0 radical (unpaired) electrons. The van der Waals surface area contributed by atoms with E-state index in [0.717, 1.165) is 59.0 Å². The van der Waals surface area contributed by atoms with Crippen molar-refractivity contribution in [2.45, 2.75) is 20.8 Å². The standard InChI is InChI=1S/C23H29N5/c1-15(2)12-28-13-21(14-28)16(3)26-23-9-20-8-18(6-7-19(20)10-25-23)22-11-24-17(4)27(22)5/h6-11,15,21H,3,12-14H2,1-2,4-5H3,(H,25,26). The number of rotatable bonds is 6. The van der Waals surface area contributed by atoms with E-state index < -0.39 is 0 Å². The van der Waals surface area contributed by atoms with Gasteiger partial charge < -0.3 is 14.8 Å². The summed E-state index contributed by atoms with van der Waals surface area (Å²) in [4.78, 5) is 11.5. The van der Waals surface area contributed by atoms with Gasteiger partial charge in [0.2, 0.25) is 0 Å². The number of aryl methyl sites for hydroxylation is 1. The van der Waals surface area contributed by atoms with E-state index in [1.54, 1.807) is 0 Å². The molecule has 0 saturated carbocycles. The number of nitrogens with zero attached hydrogens (tertiary/aromatic N) is 4. The molecule has 1 aliphatic rings. The zero-order valence-electron chi connectivity index (χ0n) is 17.2. The van der Waals surface area contributed by atoms with Crippen molar-refractivity contribution >= 4 is 16.6 Å². The highest BCUT2D eigenvalue weighted by Gasteiger charge is 2.29. The molecule has 1 N–H and O–H groups in total. The minimum Gasteiger partial charge on any atom is -0.344 e. The highest BCUT2D eigenvalue weighted by atomic mass is 15.2. The number of benzene rings is 1. The van der Waals surface area contributed by atoms with E-state index in [-0.39, 0.29) is 0 Å². The number of hydrogen-bond acceptors (Lipinski definition) is 4. The first-order valence-electron chi connectivity index (χ1n) is 9.97. The second-order valence-electron chi connectivity index (χ2n) is 8.34. The SMILES string of the molecule is C=C(Nc1cc2cc(-c3cnc(C)n3C)ccc2cn1)C1CN(CC(C)C)C1. The third-order valence-corrected chi connectivity index (χ3v) is 5.60. The lowest BCUT2D eigenvalue weighted by atomic mass is 9.95. The van der Waals surface area contributed by atoms with Crippen molar-refractivity contribution in [1.29, 1.82) is 0 Å². The lowest BCUT2D eigenvalue weighted by Gasteiger charge is -2.41. The second-order valence-corrected chi connectivity index (χ2v) is 8.34. The molecule has 0 amide bonds. The topological polar surface area (TPSA) is 46.0 Å². The number of imidazole rings is 1. The molecule has 0 bridgehead atoms. The average molecular weight is 376 g/mol. The van der Waals surface area contributed by atoms with Crippen LogP contribution in [0.5, 0.6) is 0 Å². The van der Waals surface area contributed by atoms with Crippen LogP contribution in [0.2, 0.25) is 0 Å². The van der Waals surface area contributed by atoms with E-state index in [1.165, 1.54) is 0 Å². The average Bonchev–Trinajstić information content (AvgIpc) is 2.96. The Morgan fingerprint density at radius 1 is 1.18 bits per heavy atom. The first kappa shape index (κ1) is 18.7.